The van der Waals surface area contributed by atoms with E-state index in [0.29, 0.717) is 28.6 Å². The van der Waals surface area contributed by atoms with Crippen LogP contribution in [0.25, 0.3) is 0 Å². The Balaban J connectivity index is 2.29. The first-order chi connectivity index (χ1) is 11.5. The summed E-state index contributed by atoms with van der Waals surface area (Å²) in [6.07, 6.45) is 0. The normalized spacial score (nSPS) is 10.2. The molecule has 0 saturated heterocycles. The predicted octanol–water partition coefficient (Wildman–Crippen LogP) is 4.26. The van der Waals surface area contributed by atoms with Gasteiger partial charge in [0.1, 0.15) is 18.1 Å². The molecule has 0 unspecified atom stereocenters. The number of ketones is 1. The smallest absolute Gasteiger partial charge is 0.163 e. The number of halogens is 1. The van der Waals surface area contributed by atoms with Crippen LogP contribution in [0.15, 0.2) is 34.8 Å². The minimum atomic E-state index is -0.0703. The van der Waals surface area contributed by atoms with Crippen molar-refractivity contribution in [3.8, 4) is 23.0 Å². The lowest BCUT2D eigenvalue weighted by Crippen LogP contribution is -2.03. The van der Waals surface area contributed by atoms with Crippen molar-refractivity contribution in [3.63, 3.8) is 0 Å². The molecule has 24 heavy (non-hydrogen) atoms. The van der Waals surface area contributed by atoms with E-state index in [9.17, 15) is 4.79 Å². The van der Waals surface area contributed by atoms with Gasteiger partial charge in [0.15, 0.2) is 17.3 Å². The van der Waals surface area contributed by atoms with Gasteiger partial charge >= 0.3 is 0 Å². The van der Waals surface area contributed by atoms with Crippen molar-refractivity contribution in [2.45, 2.75) is 13.5 Å². The number of hydrogen-bond acceptors (Lipinski definition) is 5. The summed E-state index contributed by atoms with van der Waals surface area (Å²) in [7, 11) is 4.72. The lowest BCUT2D eigenvalue weighted by molar-refractivity contribution is 0.101. The molecule has 0 N–H and O–H groups in total. The van der Waals surface area contributed by atoms with E-state index in [4.69, 9.17) is 18.9 Å². The van der Waals surface area contributed by atoms with Crippen LogP contribution in [-0.4, -0.2) is 27.1 Å². The SMILES string of the molecule is COc1ccc(C(C)=O)c(OCc2cc(OC)c(OC)cc2Br)c1. The fraction of sp³-hybridized carbons (Fsp3) is 0.278. The quantitative estimate of drug-likeness (QED) is 0.656. The number of Topliss-reactive ketones (excluding diaryl/α,β-unsaturated/α-hetero) is 1. The summed E-state index contributed by atoms with van der Waals surface area (Å²) in [6.45, 7) is 1.76. The van der Waals surface area contributed by atoms with E-state index in [1.807, 2.05) is 12.1 Å². The Labute approximate surface area is 149 Å². The van der Waals surface area contributed by atoms with Crippen molar-refractivity contribution in [2.75, 3.05) is 21.3 Å². The van der Waals surface area contributed by atoms with Crippen LogP contribution in [0.5, 0.6) is 23.0 Å². The van der Waals surface area contributed by atoms with Gasteiger partial charge in [0, 0.05) is 16.1 Å². The third kappa shape index (κ3) is 4.00. The van der Waals surface area contributed by atoms with Crippen molar-refractivity contribution in [3.05, 3.63) is 45.9 Å². The molecule has 0 aliphatic heterocycles. The maximum Gasteiger partial charge on any atom is 0.163 e. The first-order valence-corrected chi connectivity index (χ1v) is 8.01. The van der Waals surface area contributed by atoms with Crippen molar-refractivity contribution < 1.29 is 23.7 Å². The standard InChI is InChI=1S/C18H19BrO5/c1-11(20)14-6-5-13(21-2)8-16(14)24-10-12-7-17(22-3)18(23-4)9-15(12)19/h5-9H,10H2,1-4H3. The highest BCUT2D eigenvalue weighted by Crippen LogP contribution is 2.34. The molecule has 2 aromatic carbocycles. The topological polar surface area (TPSA) is 54.0 Å². The van der Waals surface area contributed by atoms with E-state index >= 15 is 0 Å². The zero-order valence-corrected chi connectivity index (χ0v) is 15.6. The first-order valence-electron chi connectivity index (χ1n) is 7.22. The maximum absolute atomic E-state index is 11.8. The Kier molecular flexibility index (Phi) is 6.09. The second kappa shape index (κ2) is 8.06. The number of ether oxygens (including phenoxy) is 4. The van der Waals surface area contributed by atoms with Gasteiger partial charge in [-0.1, -0.05) is 15.9 Å². The highest BCUT2D eigenvalue weighted by atomic mass is 79.9. The first kappa shape index (κ1) is 18.1. The summed E-state index contributed by atoms with van der Waals surface area (Å²) in [5, 5.41) is 0. The van der Waals surface area contributed by atoms with Gasteiger partial charge in [-0.05, 0) is 31.2 Å². The van der Waals surface area contributed by atoms with Crippen molar-refractivity contribution in [2.24, 2.45) is 0 Å². The number of hydrogen-bond donors (Lipinski definition) is 0. The predicted molar refractivity (Wildman–Crippen MR) is 94.6 cm³/mol. The van der Waals surface area contributed by atoms with E-state index in [2.05, 4.69) is 15.9 Å². The van der Waals surface area contributed by atoms with E-state index < -0.39 is 0 Å². The molecule has 0 aliphatic carbocycles. The number of benzene rings is 2. The zero-order valence-electron chi connectivity index (χ0n) is 14.0. The molecule has 0 fully saturated rings. The summed E-state index contributed by atoms with van der Waals surface area (Å²) in [4.78, 5) is 11.8. The van der Waals surface area contributed by atoms with E-state index in [1.54, 1.807) is 39.5 Å². The molecule has 0 amide bonds. The van der Waals surface area contributed by atoms with Gasteiger partial charge in [-0.2, -0.15) is 0 Å². The molecule has 0 bridgehead atoms. The zero-order chi connectivity index (χ0) is 17.7. The summed E-state index contributed by atoms with van der Waals surface area (Å²) in [5.74, 6) is 2.26. The molecule has 0 saturated carbocycles. The number of carbonyl (C=O) groups excluding carboxylic acids is 1. The second-order valence-corrected chi connectivity index (χ2v) is 5.86. The second-order valence-electron chi connectivity index (χ2n) is 5.01. The summed E-state index contributed by atoms with van der Waals surface area (Å²) in [6, 6.07) is 8.77. The van der Waals surface area contributed by atoms with Crippen LogP contribution in [0.4, 0.5) is 0 Å². The van der Waals surface area contributed by atoms with Crippen molar-refractivity contribution >= 4 is 21.7 Å². The van der Waals surface area contributed by atoms with E-state index in [-0.39, 0.29) is 12.4 Å². The van der Waals surface area contributed by atoms with Crippen LogP contribution in [-0.2, 0) is 6.61 Å². The fourth-order valence-electron chi connectivity index (χ4n) is 2.20. The molecule has 0 radical (unpaired) electrons. The molecule has 5 nitrogen and oxygen atoms in total. The van der Waals surface area contributed by atoms with Gasteiger partial charge in [0.25, 0.3) is 0 Å². The monoisotopic (exact) mass is 394 g/mol. The summed E-state index contributed by atoms with van der Waals surface area (Å²) < 4.78 is 22.4. The Hall–Kier alpha value is -2.21. The fourth-order valence-corrected chi connectivity index (χ4v) is 2.64. The van der Waals surface area contributed by atoms with Crippen LogP contribution < -0.4 is 18.9 Å². The van der Waals surface area contributed by atoms with Crippen molar-refractivity contribution in [1.82, 2.24) is 0 Å². The molecule has 0 heterocycles. The minimum absolute atomic E-state index is 0.0703. The van der Waals surface area contributed by atoms with E-state index in [1.165, 1.54) is 6.92 Å². The summed E-state index contributed by atoms with van der Waals surface area (Å²) in [5.41, 5.74) is 1.37. The minimum Gasteiger partial charge on any atom is -0.497 e. The maximum atomic E-state index is 11.8. The number of carbonyl (C=O) groups is 1. The van der Waals surface area contributed by atoms with Gasteiger partial charge in [0.05, 0.1) is 26.9 Å². The molecular formula is C18H19BrO5. The Morgan fingerprint density at radius 2 is 1.62 bits per heavy atom. The lowest BCUT2D eigenvalue weighted by Gasteiger charge is -2.14. The van der Waals surface area contributed by atoms with Gasteiger partial charge in [0.2, 0.25) is 0 Å². The molecule has 0 aliphatic rings. The van der Waals surface area contributed by atoms with Gasteiger partial charge < -0.3 is 18.9 Å². The Morgan fingerprint density at radius 1 is 0.958 bits per heavy atom. The molecule has 6 heteroatoms. The Bertz CT molecular complexity index is 742. The largest absolute Gasteiger partial charge is 0.497 e. The van der Waals surface area contributed by atoms with Crippen LogP contribution in [0.2, 0.25) is 0 Å². The number of rotatable bonds is 7. The number of methoxy groups -OCH3 is 3. The molecule has 0 aromatic heterocycles. The summed E-state index contributed by atoms with van der Waals surface area (Å²) >= 11 is 3.49. The molecule has 0 spiro atoms. The van der Waals surface area contributed by atoms with Crippen LogP contribution in [0.3, 0.4) is 0 Å². The molecule has 0 atom stereocenters. The Morgan fingerprint density at radius 3 is 2.21 bits per heavy atom. The highest BCUT2D eigenvalue weighted by Gasteiger charge is 2.13. The molecule has 2 aromatic rings. The molecular weight excluding hydrogens is 376 g/mol. The molecule has 128 valence electrons. The van der Waals surface area contributed by atoms with Crippen LogP contribution in [0, 0.1) is 0 Å². The van der Waals surface area contributed by atoms with Crippen molar-refractivity contribution in [1.29, 1.82) is 0 Å². The lowest BCUT2D eigenvalue weighted by atomic mass is 10.1. The highest BCUT2D eigenvalue weighted by molar-refractivity contribution is 9.10. The average Bonchev–Trinajstić information content (AvgIpc) is 2.59. The van der Waals surface area contributed by atoms with Crippen LogP contribution in [0.1, 0.15) is 22.8 Å². The third-order valence-electron chi connectivity index (χ3n) is 3.50. The average molecular weight is 395 g/mol. The van der Waals surface area contributed by atoms with Gasteiger partial charge in [-0.3, -0.25) is 4.79 Å². The van der Waals surface area contributed by atoms with E-state index in [0.717, 1.165) is 10.0 Å². The third-order valence-corrected chi connectivity index (χ3v) is 4.24. The van der Waals surface area contributed by atoms with Crippen LogP contribution >= 0.6 is 15.9 Å². The molecule has 2 rings (SSSR count). The van der Waals surface area contributed by atoms with Gasteiger partial charge in [-0.15, -0.1) is 0 Å². The van der Waals surface area contributed by atoms with Gasteiger partial charge in [-0.25, -0.2) is 0 Å².